The first kappa shape index (κ1) is 23.1. The molecule has 4 aromatic rings. The normalized spacial score (nSPS) is 14.9. The van der Waals surface area contributed by atoms with Gasteiger partial charge in [-0.1, -0.05) is 48.5 Å². The van der Waals surface area contributed by atoms with E-state index in [0.29, 0.717) is 11.3 Å². The highest BCUT2D eigenvalue weighted by atomic mass is 32.1. The molecule has 0 spiro atoms. The summed E-state index contributed by atoms with van der Waals surface area (Å²) in [6, 6.07) is 22.1. The first-order valence-electron chi connectivity index (χ1n) is 11.0. The van der Waals surface area contributed by atoms with Crippen LogP contribution in [0.2, 0.25) is 0 Å². The number of nitrogens with one attached hydrogen (secondary N) is 2. The van der Waals surface area contributed by atoms with Crippen molar-refractivity contribution >= 4 is 63.4 Å². The fourth-order valence-electron chi connectivity index (χ4n) is 4.06. The number of hydrogen-bond acceptors (Lipinski definition) is 4. The van der Waals surface area contributed by atoms with Crippen LogP contribution in [0.25, 0.3) is 17.0 Å². The summed E-state index contributed by atoms with van der Waals surface area (Å²) in [6.07, 6.45) is 3.13. The Kier molecular flexibility index (Phi) is 6.14. The molecule has 3 amide bonds. The number of hydrogen-bond donors (Lipinski definition) is 2. The van der Waals surface area contributed by atoms with E-state index in [-0.39, 0.29) is 28.8 Å². The first-order valence-corrected chi connectivity index (χ1v) is 11.4. The fourth-order valence-corrected chi connectivity index (χ4v) is 4.34. The van der Waals surface area contributed by atoms with Crippen LogP contribution in [0.1, 0.15) is 5.56 Å². The number of anilines is 2. The number of amides is 3. The van der Waals surface area contributed by atoms with Gasteiger partial charge in [0.15, 0.2) is 5.11 Å². The second kappa shape index (κ2) is 9.55. The third-order valence-corrected chi connectivity index (χ3v) is 5.97. The Morgan fingerprint density at radius 3 is 2.44 bits per heavy atom. The molecular weight excluding hydrogens is 479 g/mol. The Morgan fingerprint density at radius 2 is 1.67 bits per heavy atom. The van der Waals surface area contributed by atoms with Crippen molar-refractivity contribution in [3.8, 4) is 0 Å². The highest BCUT2D eigenvalue weighted by Crippen LogP contribution is 2.28. The molecule has 0 atom stereocenters. The van der Waals surface area contributed by atoms with Crippen LogP contribution in [0.3, 0.4) is 0 Å². The van der Waals surface area contributed by atoms with Crippen molar-refractivity contribution in [2.24, 2.45) is 0 Å². The molecule has 1 saturated heterocycles. The van der Waals surface area contributed by atoms with Crippen molar-refractivity contribution in [1.29, 1.82) is 0 Å². The van der Waals surface area contributed by atoms with Crippen molar-refractivity contribution in [2.75, 3.05) is 10.2 Å². The van der Waals surface area contributed by atoms with E-state index in [9.17, 15) is 18.8 Å². The lowest BCUT2D eigenvalue weighted by Crippen LogP contribution is -2.54. The van der Waals surface area contributed by atoms with E-state index >= 15 is 0 Å². The average molecular weight is 499 g/mol. The maximum absolute atomic E-state index is 14.4. The lowest BCUT2D eigenvalue weighted by molar-refractivity contribution is -0.122. The zero-order valence-corrected chi connectivity index (χ0v) is 19.6. The summed E-state index contributed by atoms with van der Waals surface area (Å²) < 4.78 is 16.2. The summed E-state index contributed by atoms with van der Waals surface area (Å²) >= 11 is 5.15. The van der Waals surface area contributed by atoms with E-state index in [2.05, 4.69) is 10.6 Å². The minimum absolute atomic E-state index is 0.0180. The molecule has 0 aliphatic carbocycles. The minimum atomic E-state index is -0.743. The highest BCUT2D eigenvalue weighted by Gasteiger charge is 2.35. The second-order valence-corrected chi connectivity index (χ2v) is 8.44. The number of nitrogens with zero attached hydrogens (tertiary/aromatic N) is 2. The number of benzene rings is 3. The van der Waals surface area contributed by atoms with Crippen LogP contribution in [-0.2, 0) is 20.9 Å². The Balaban J connectivity index is 1.50. The fraction of sp³-hybridized carbons (Fsp3) is 0.0370. The number of aromatic nitrogens is 1. The second-order valence-electron chi connectivity index (χ2n) is 8.05. The summed E-state index contributed by atoms with van der Waals surface area (Å²) in [5.74, 6) is -2.31. The third-order valence-electron chi connectivity index (χ3n) is 5.69. The molecule has 5 rings (SSSR count). The molecule has 1 aromatic heterocycles. The maximum atomic E-state index is 14.4. The molecule has 2 N–H and O–H groups in total. The summed E-state index contributed by atoms with van der Waals surface area (Å²) in [5.41, 5.74) is 1.72. The van der Waals surface area contributed by atoms with Gasteiger partial charge in [0.2, 0.25) is 5.91 Å². The van der Waals surface area contributed by atoms with Gasteiger partial charge in [-0.2, -0.15) is 0 Å². The molecule has 36 heavy (non-hydrogen) atoms. The van der Waals surface area contributed by atoms with Gasteiger partial charge in [-0.25, -0.2) is 9.29 Å². The van der Waals surface area contributed by atoms with E-state index in [1.807, 2.05) is 42.5 Å². The standard InChI is InChI=1S/C27H19FN4O3S/c28-21-11-5-7-13-23(21)32-26(35)20(25(34)30-27(32)36)14-17-15-31(22-12-6-4-10-19(17)22)16-24(33)29-18-8-2-1-3-9-18/h1-15H,16H2,(H,29,33)(H,30,34,36)/b20-14+. The molecular formula is C27H19FN4O3S. The number of carbonyl (C=O) groups is 3. The molecule has 2 heterocycles. The molecule has 9 heteroatoms. The van der Waals surface area contributed by atoms with Crippen LogP contribution in [0.4, 0.5) is 15.8 Å². The molecule has 1 fully saturated rings. The van der Waals surface area contributed by atoms with Crippen molar-refractivity contribution < 1.29 is 18.8 Å². The Bertz CT molecular complexity index is 1560. The lowest BCUT2D eigenvalue weighted by atomic mass is 10.1. The minimum Gasteiger partial charge on any atom is -0.337 e. The van der Waals surface area contributed by atoms with E-state index in [0.717, 1.165) is 15.8 Å². The van der Waals surface area contributed by atoms with Gasteiger partial charge in [0.1, 0.15) is 17.9 Å². The van der Waals surface area contributed by atoms with Gasteiger partial charge in [-0.3, -0.25) is 19.7 Å². The molecule has 3 aromatic carbocycles. The number of fused-ring (bicyclic) bond motifs is 1. The summed E-state index contributed by atoms with van der Waals surface area (Å²) in [6.45, 7) is 0.0180. The predicted molar refractivity (Wildman–Crippen MR) is 140 cm³/mol. The summed E-state index contributed by atoms with van der Waals surface area (Å²) in [4.78, 5) is 39.7. The van der Waals surface area contributed by atoms with Crippen LogP contribution in [-0.4, -0.2) is 27.4 Å². The number of rotatable bonds is 5. The van der Waals surface area contributed by atoms with Crippen LogP contribution in [0.5, 0.6) is 0 Å². The lowest BCUT2D eigenvalue weighted by Gasteiger charge is -2.29. The molecule has 178 valence electrons. The van der Waals surface area contributed by atoms with Crippen molar-refractivity contribution in [1.82, 2.24) is 9.88 Å². The smallest absolute Gasteiger partial charge is 0.270 e. The Hall–Kier alpha value is -4.63. The van der Waals surface area contributed by atoms with Crippen LogP contribution in [0, 0.1) is 5.82 Å². The molecule has 0 saturated carbocycles. The summed E-state index contributed by atoms with van der Waals surface area (Å²) in [7, 11) is 0. The highest BCUT2D eigenvalue weighted by molar-refractivity contribution is 7.80. The van der Waals surface area contributed by atoms with Gasteiger partial charge in [-0.05, 0) is 48.6 Å². The zero-order chi connectivity index (χ0) is 25.2. The third kappa shape index (κ3) is 4.39. The van der Waals surface area contributed by atoms with E-state index in [1.54, 1.807) is 29.0 Å². The van der Waals surface area contributed by atoms with Gasteiger partial charge >= 0.3 is 0 Å². The van der Waals surface area contributed by atoms with Gasteiger partial charge < -0.3 is 9.88 Å². The quantitative estimate of drug-likeness (QED) is 0.245. The monoisotopic (exact) mass is 498 g/mol. The molecule has 0 unspecified atom stereocenters. The number of thiocarbonyl (C=S) groups is 1. The van der Waals surface area contributed by atoms with Gasteiger partial charge in [-0.15, -0.1) is 0 Å². The molecule has 1 aliphatic rings. The average Bonchev–Trinajstić information content (AvgIpc) is 3.20. The van der Waals surface area contributed by atoms with Gasteiger partial charge in [0.25, 0.3) is 11.8 Å². The zero-order valence-electron chi connectivity index (χ0n) is 18.8. The predicted octanol–water partition coefficient (Wildman–Crippen LogP) is 4.25. The Morgan fingerprint density at radius 1 is 0.972 bits per heavy atom. The molecule has 7 nitrogen and oxygen atoms in total. The van der Waals surface area contributed by atoms with Crippen LogP contribution < -0.4 is 15.5 Å². The summed E-state index contributed by atoms with van der Waals surface area (Å²) in [5, 5.41) is 5.84. The van der Waals surface area contributed by atoms with Crippen LogP contribution >= 0.6 is 12.2 Å². The molecule has 1 aliphatic heterocycles. The van der Waals surface area contributed by atoms with Crippen molar-refractivity contribution in [2.45, 2.75) is 6.54 Å². The van der Waals surface area contributed by atoms with E-state index in [1.165, 1.54) is 24.3 Å². The number of halogens is 1. The molecule has 0 radical (unpaired) electrons. The van der Waals surface area contributed by atoms with Crippen molar-refractivity contribution in [3.05, 3.63) is 102 Å². The number of carbonyl (C=O) groups excluding carboxylic acids is 3. The molecule has 0 bridgehead atoms. The number of para-hydroxylation sites is 3. The topological polar surface area (TPSA) is 83.4 Å². The van der Waals surface area contributed by atoms with Gasteiger partial charge in [0, 0.05) is 28.4 Å². The van der Waals surface area contributed by atoms with Crippen molar-refractivity contribution in [3.63, 3.8) is 0 Å². The largest absolute Gasteiger partial charge is 0.337 e. The SMILES string of the molecule is O=C(Cn1cc(/C=C2\C(=O)NC(=S)N(c3ccccc3F)C2=O)c2ccccc21)Nc1ccccc1. The van der Waals surface area contributed by atoms with E-state index in [4.69, 9.17) is 12.2 Å². The van der Waals surface area contributed by atoms with Gasteiger partial charge in [0.05, 0.1) is 5.69 Å². The maximum Gasteiger partial charge on any atom is 0.270 e. The Labute approximate surface area is 210 Å². The van der Waals surface area contributed by atoms with Crippen LogP contribution in [0.15, 0.2) is 90.6 Å². The first-order chi connectivity index (χ1) is 17.4. The van der Waals surface area contributed by atoms with E-state index < -0.39 is 17.6 Å².